The summed E-state index contributed by atoms with van der Waals surface area (Å²) in [4.78, 5) is 15.9. The van der Waals surface area contributed by atoms with E-state index in [1.165, 1.54) is 21.8 Å². The zero-order valence-electron chi connectivity index (χ0n) is 12.5. The van der Waals surface area contributed by atoms with Crippen molar-refractivity contribution >= 4 is 18.1 Å². The highest BCUT2D eigenvalue weighted by atomic mass is 16.5. The fourth-order valence-corrected chi connectivity index (χ4v) is 4.22. The number of hydrogen-bond acceptors (Lipinski definition) is 2. The van der Waals surface area contributed by atoms with Crippen LogP contribution < -0.4 is 10.6 Å². The molecule has 0 saturated heterocycles. The van der Waals surface area contributed by atoms with Gasteiger partial charge in [-0.15, -0.1) is 0 Å². The first-order valence-corrected chi connectivity index (χ1v) is 7.71. The van der Waals surface area contributed by atoms with Crippen molar-refractivity contribution in [3.05, 3.63) is 21.8 Å². The van der Waals surface area contributed by atoms with Gasteiger partial charge >= 0.3 is 5.97 Å². The molecule has 2 aliphatic carbocycles. The Hall–Kier alpha value is -1.51. The number of carbonyl (C=O) groups excluding carboxylic acids is 1. The Morgan fingerprint density at radius 3 is 2.80 bits per heavy atom. The SMILES string of the molecule is C/C=c1/c2c([nH]/c1=C/C)C[C@@H]1CC[C@H]2[C@@H]1C(=O)OCC. The monoisotopic (exact) mass is 273 g/mol. The van der Waals surface area contributed by atoms with Gasteiger partial charge in [0.25, 0.3) is 0 Å². The zero-order chi connectivity index (χ0) is 14.3. The summed E-state index contributed by atoms with van der Waals surface area (Å²) in [5.74, 6) is 0.885. The lowest BCUT2D eigenvalue weighted by Crippen LogP contribution is -2.34. The number of aromatic nitrogens is 1. The molecule has 2 aliphatic rings. The first kappa shape index (κ1) is 13.5. The molecule has 1 fully saturated rings. The van der Waals surface area contributed by atoms with Crippen LogP contribution >= 0.6 is 0 Å². The summed E-state index contributed by atoms with van der Waals surface area (Å²) in [7, 11) is 0. The molecule has 0 aliphatic heterocycles. The molecule has 0 unspecified atom stereocenters. The summed E-state index contributed by atoms with van der Waals surface area (Å²) in [6.07, 6.45) is 7.55. The quantitative estimate of drug-likeness (QED) is 0.836. The van der Waals surface area contributed by atoms with Gasteiger partial charge < -0.3 is 9.72 Å². The average Bonchev–Trinajstić information content (AvgIpc) is 2.96. The van der Waals surface area contributed by atoms with Crippen molar-refractivity contribution in [1.82, 2.24) is 4.98 Å². The first-order valence-electron chi connectivity index (χ1n) is 7.71. The lowest BCUT2D eigenvalue weighted by molar-refractivity contribution is -0.150. The van der Waals surface area contributed by atoms with E-state index < -0.39 is 0 Å². The third-order valence-corrected chi connectivity index (χ3v) is 4.95. The number of nitrogens with one attached hydrogen (secondary N) is 1. The molecule has 3 heteroatoms. The number of carbonyl (C=O) groups is 1. The Bertz CT molecular complexity index is 641. The number of fused-ring (bicyclic) bond motifs is 4. The van der Waals surface area contributed by atoms with Crippen molar-refractivity contribution in [2.45, 2.75) is 46.0 Å². The van der Waals surface area contributed by atoms with Crippen LogP contribution in [0.1, 0.15) is 50.8 Å². The lowest BCUT2D eigenvalue weighted by atomic mass is 9.77. The maximum Gasteiger partial charge on any atom is 0.309 e. The minimum Gasteiger partial charge on any atom is -0.466 e. The van der Waals surface area contributed by atoms with E-state index in [9.17, 15) is 4.79 Å². The van der Waals surface area contributed by atoms with E-state index in [4.69, 9.17) is 4.74 Å². The van der Waals surface area contributed by atoms with Gasteiger partial charge in [0.1, 0.15) is 0 Å². The topological polar surface area (TPSA) is 42.1 Å². The number of H-pyrrole nitrogens is 1. The van der Waals surface area contributed by atoms with Crippen LogP contribution in [-0.4, -0.2) is 17.6 Å². The fraction of sp³-hybridized carbons (Fsp3) is 0.588. The molecule has 1 N–H and O–H groups in total. The minimum absolute atomic E-state index is 0.0101. The Balaban J connectivity index is 2.10. The number of esters is 1. The molecule has 3 atom stereocenters. The smallest absolute Gasteiger partial charge is 0.309 e. The van der Waals surface area contributed by atoms with Crippen molar-refractivity contribution in [2.24, 2.45) is 11.8 Å². The number of hydrogen-bond donors (Lipinski definition) is 1. The molecule has 108 valence electrons. The Kier molecular flexibility index (Phi) is 3.45. The maximum absolute atomic E-state index is 12.3. The lowest BCUT2D eigenvalue weighted by Gasteiger charge is -2.28. The number of ether oxygens (including phenoxy) is 1. The molecule has 3 nitrogen and oxygen atoms in total. The summed E-state index contributed by atoms with van der Waals surface area (Å²) in [6.45, 7) is 6.51. The van der Waals surface area contributed by atoms with Gasteiger partial charge in [-0.1, -0.05) is 12.2 Å². The predicted octanol–water partition coefficient (Wildman–Crippen LogP) is 1.84. The van der Waals surface area contributed by atoms with Crippen molar-refractivity contribution in [3.8, 4) is 0 Å². The molecule has 0 amide bonds. The van der Waals surface area contributed by atoms with E-state index >= 15 is 0 Å². The van der Waals surface area contributed by atoms with Crippen LogP contribution in [0, 0.1) is 11.8 Å². The molecule has 0 radical (unpaired) electrons. The molecule has 1 aromatic rings. The number of rotatable bonds is 2. The van der Waals surface area contributed by atoms with E-state index in [0.717, 1.165) is 19.3 Å². The summed E-state index contributed by atoms with van der Waals surface area (Å²) in [5, 5.41) is 2.50. The molecule has 3 rings (SSSR count). The van der Waals surface area contributed by atoms with Gasteiger partial charge in [-0.25, -0.2) is 0 Å². The Morgan fingerprint density at radius 2 is 2.15 bits per heavy atom. The van der Waals surface area contributed by atoms with Crippen molar-refractivity contribution in [1.29, 1.82) is 0 Å². The Morgan fingerprint density at radius 1 is 1.35 bits per heavy atom. The second-order valence-corrected chi connectivity index (χ2v) is 5.85. The predicted molar refractivity (Wildman–Crippen MR) is 79.6 cm³/mol. The highest BCUT2D eigenvalue weighted by Gasteiger charge is 2.47. The molecule has 0 spiro atoms. The molecule has 1 saturated carbocycles. The molecule has 0 aromatic carbocycles. The molecule has 1 aromatic heterocycles. The standard InChI is InChI=1S/C17H23NO2/c1-4-11-13(5-2)18-14-9-10-7-8-12(16(11)14)15(10)17(19)20-6-3/h4-5,10,12,15,18H,6-9H2,1-3H3/b11-4+,13-5+/t10-,12-,15+/m0/s1. The number of aromatic amines is 1. The second-order valence-electron chi connectivity index (χ2n) is 5.85. The van der Waals surface area contributed by atoms with Gasteiger partial charge in [-0.2, -0.15) is 0 Å². The van der Waals surface area contributed by atoms with Crippen molar-refractivity contribution in [3.63, 3.8) is 0 Å². The molecular formula is C17H23NO2. The van der Waals surface area contributed by atoms with Gasteiger partial charge in [0.05, 0.1) is 12.5 Å². The van der Waals surface area contributed by atoms with Gasteiger partial charge in [-0.05, 0) is 62.7 Å². The summed E-state index contributed by atoms with van der Waals surface area (Å²) in [6, 6.07) is 0. The van der Waals surface area contributed by atoms with Gasteiger partial charge in [-0.3, -0.25) is 4.79 Å². The summed E-state index contributed by atoms with van der Waals surface area (Å²) < 4.78 is 5.32. The maximum atomic E-state index is 12.3. The third-order valence-electron chi connectivity index (χ3n) is 4.95. The highest BCUT2D eigenvalue weighted by Crippen LogP contribution is 2.49. The second kappa shape index (κ2) is 5.12. The highest BCUT2D eigenvalue weighted by molar-refractivity contribution is 5.75. The van der Waals surface area contributed by atoms with E-state index in [1.807, 2.05) is 6.92 Å². The van der Waals surface area contributed by atoms with Gasteiger partial charge in [0, 0.05) is 11.0 Å². The fourth-order valence-electron chi connectivity index (χ4n) is 4.22. The normalized spacial score (nSPS) is 29.6. The summed E-state index contributed by atoms with van der Waals surface area (Å²) >= 11 is 0. The molecular weight excluding hydrogens is 250 g/mol. The van der Waals surface area contributed by atoms with E-state index in [2.05, 4.69) is 31.0 Å². The van der Waals surface area contributed by atoms with Crippen LogP contribution in [0.5, 0.6) is 0 Å². The van der Waals surface area contributed by atoms with E-state index in [1.54, 1.807) is 0 Å². The van der Waals surface area contributed by atoms with Gasteiger partial charge in [0.15, 0.2) is 0 Å². The van der Waals surface area contributed by atoms with Crippen LogP contribution in [0.3, 0.4) is 0 Å². The molecule has 2 bridgehead atoms. The minimum atomic E-state index is 0.0101. The van der Waals surface area contributed by atoms with E-state index in [-0.39, 0.29) is 11.9 Å². The van der Waals surface area contributed by atoms with Crippen LogP contribution in [0.25, 0.3) is 12.2 Å². The molecule has 20 heavy (non-hydrogen) atoms. The third kappa shape index (κ3) is 1.83. The van der Waals surface area contributed by atoms with E-state index in [0.29, 0.717) is 18.4 Å². The van der Waals surface area contributed by atoms with Crippen LogP contribution in [0.4, 0.5) is 0 Å². The van der Waals surface area contributed by atoms with Crippen molar-refractivity contribution in [2.75, 3.05) is 6.61 Å². The average molecular weight is 273 g/mol. The van der Waals surface area contributed by atoms with Crippen LogP contribution in [-0.2, 0) is 16.0 Å². The van der Waals surface area contributed by atoms with Crippen molar-refractivity contribution < 1.29 is 9.53 Å². The summed E-state index contributed by atoms with van der Waals surface area (Å²) in [5.41, 5.74) is 2.73. The zero-order valence-corrected chi connectivity index (χ0v) is 12.5. The van der Waals surface area contributed by atoms with Crippen LogP contribution in [0.15, 0.2) is 0 Å². The first-order chi connectivity index (χ1) is 9.71. The van der Waals surface area contributed by atoms with Crippen LogP contribution in [0.2, 0.25) is 0 Å². The molecule has 1 heterocycles. The van der Waals surface area contributed by atoms with Gasteiger partial charge in [0.2, 0.25) is 0 Å². The Labute approximate surface area is 119 Å². The largest absolute Gasteiger partial charge is 0.466 e.